The monoisotopic (exact) mass is 247 g/mol. The summed E-state index contributed by atoms with van der Waals surface area (Å²) in [5.41, 5.74) is 2.88. The maximum absolute atomic E-state index is 6.09. The largest absolute Gasteiger partial charge is 0.376 e. The number of ether oxygens (including phenoxy) is 1. The average molecular weight is 247 g/mol. The number of rotatable bonds is 7. The molecule has 0 heterocycles. The van der Waals surface area contributed by atoms with Crippen molar-refractivity contribution in [3.63, 3.8) is 0 Å². The van der Waals surface area contributed by atoms with Gasteiger partial charge in [-0.1, -0.05) is 51.0 Å². The van der Waals surface area contributed by atoms with Gasteiger partial charge in [0.05, 0.1) is 12.1 Å². The molecule has 0 saturated heterocycles. The summed E-state index contributed by atoms with van der Waals surface area (Å²) >= 11 is 0. The minimum atomic E-state index is 0.319. The van der Waals surface area contributed by atoms with E-state index < -0.39 is 0 Å². The van der Waals surface area contributed by atoms with Gasteiger partial charge in [0.15, 0.2) is 0 Å². The molecule has 1 aliphatic rings. The number of hydrogen-bond donors (Lipinski definition) is 1. The second-order valence-electron chi connectivity index (χ2n) is 5.05. The maximum Gasteiger partial charge on any atom is 0.0810 e. The number of benzene rings is 1. The van der Waals surface area contributed by atoms with Crippen LogP contribution in [0.3, 0.4) is 0 Å². The summed E-state index contributed by atoms with van der Waals surface area (Å²) < 4.78 is 6.09. The van der Waals surface area contributed by atoms with Crippen molar-refractivity contribution >= 4 is 0 Å². The van der Waals surface area contributed by atoms with E-state index in [2.05, 4.69) is 43.4 Å². The lowest BCUT2D eigenvalue weighted by Crippen LogP contribution is -2.31. The van der Waals surface area contributed by atoms with Crippen LogP contribution in [0.4, 0.5) is 0 Å². The van der Waals surface area contributed by atoms with Crippen molar-refractivity contribution < 1.29 is 4.74 Å². The Bertz CT molecular complexity index is 364. The van der Waals surface area contributed by atoms with Gasteiger partial charge in [0.25, 0.3) is 0 Å². The summed E-state index contributed by atoms with van der Waals surface area (Å²) in [6, 6.07) is 9.10. The van der Waals surface area contributed by atoms with Crippen molar-refractivity contribution in [2.75, 3.05) is 13.2 Å². The topological polar surface area (TPSA) is 21.3 Å². The Morgan fingerprint density at radius 1 is 1.22 bits per heavy atom. The molecule has 2 unspecified atom stereocenters. The third-order valence-corrected chi connectivity index (χ3v) is 3.69. The van der Waals surface area contributed by atoms with Crippen LogP contribution in [0.2, 0.25) is 0 Å². The van der Waals surface area contributed by atoms with Crippen LogP contribution in [0, 0.1) is 0 Å². The van der Waals surface area contributed by atoms with Crippen molar-refractivity contribution in [2.24, 2.45) is 0 Å². The molecular formula is C16H25NO. The molecule has 2 rings (SSSR count). The quantitative estimate of drug-likeness (QED) is 0.745. The smallest absolute Gasteiger partial charge is 0.0810 e. The highest BCUT2D eigenvalue weighted by molar-refractivity contribution is 5.36. The highest BCUT2D eigenvalue weighted by Gasteiger charge is 2.31. The normalized spacial score (nSPS) is 22.1. The molecule has 1 aromatic carbocycles. The molecule has 0 amide bonds. The maximum atomic E-state index is 6.09. The van der Waals surface area contributed by atoms with Crippen LogP contribution in [-0.2, 0) is 11.2 Å². The fourth-order valence-corrected chi connectivity index (χ4v) is 2.76. The predicted octanol–water partition coefficient (Wildman–Crippen LogP) is 3.47. The summed E-state index contributed by atoms with van der Waals surface area (Å²) in [6.07, 6.45) is 5.08. The fraction of sp³-hybridized carbons (Fsp3) is 0.625. The predicted molar refractivity (Wildman–Crippen MR) is 75.8 cm³/mol. The molecule has 18 heavy (non-hydrogen) atoms. The first-order valence-electron chi connectivity index (χ1n) is 7.29. The number of unbranched alkanes of at least 4 members (excludes halogenated alkanes) is 2. The van der Waals surface area contributed by atoms with Crippen LogP contribution in [0.5, 0.6) is 0 Å². The van der Waals surface area contributed by atoms with E-state index in [1.807, 2.05) is 0 Å². The van der Waals surface area contributed by atoms with E-state index >= 15 is 0 Å². The second kappa shape index (κ2) is 6.91. The Kier molecular flexibility index (Phi) is 5.21. The molecule has 1 aromatic rings. The Morgan fingerprint density at radius 3 is 2.83 bits per heavy atom. The number of likely N-dealkylation sites (N-methyl/N-ethyl adjacent to an activating group) is 1. The first kappa shape index (κ1) is 13.6. The zero-order valence-corrected chi connectivity index (χ0v) is 11.6. The van der Waals surface area contributed by atoms with Crippen LogP contribution in [0.25, 0.3) is 0 Å². The lowest BCUT2D eigenvalue weighted by Gasteiger charge is -2.21. The van der Waals surface area contributed by atoms with Gasteiger partial charge in [-0.05, 0) is 24.1 Å². The van der Waals surface area contributed by atoms with Gasteiger partial charge in [-0.2, -0.15) is 0 Å². The molecule has 0 radical (unpaired) electrons. The van der Waals surface area contributed by atoms with Crippen molar-refractivity contribution in [1.82, 2.24) is 5.32 Å². The first-order valence-corrected chi connectivity index (χ1v) is 7.29. The number of hydrogen-bond acceptors (Lipinski definition) is 2. The Balaban J connectivity index is 1.95. The molecule has 0 aromatic heterocycles. The van der Waals surface area contributed by atoms with Crippen LogP contribution in [0.1, 0.15) is 50.3 Å². The van der Waals surface area contributed by atoms with Gasteiger partial charge < -0.3 is 10.1 Å². The third-order valence-electron chi connectivity index (χ3n) is 3.69. The molecule has 0 bridgehead atoms. The van der Waals surface area contributed by atoms with Crippen LogP contribution in [-0.4, -0.2) is 19.3 Å². The molecule has 0 saturated carbocycles. The number of fused-ring (bicyclic) bond motifs is 1. The van der Waals surface area contributed by atoms with E-state index in [4.69, 9.17) is 4.74 Å². The van der Waals surface area contributed by atoms with Gasteiger partial charge in [0.2, 0.25) is 0 Å². The fourth-order valence-electron chi connectivity index (χ4n) is 2.76. The van der Waals surface area contributed by atoms with Gasteiger partial charge in [0.1, 0.15) is 0 Å². The van der Waals surface area contributed by atoms with Crippen LogP contribution >= 0.6 is 0 Å². The van der Waals surface area contributed by atoms with Crippen LogP contribution < -0.4 is 5.32 Å². The molecule has 2 heteroatoms. The van der Waals surface area contributed by atoms with Crippen molar-refractivity contribution in [3.8, 4) is 0 Å². The zero-order valence-electron chi connectivity index (χ0n) is 11.6. The highest BCUT2D eigenvalue weighted by Crippen LogP contribution is 2.33. The first-order chi connectivity index (χ1) is 8.86. The summed E-state index contributed by atoms with van der Waals surface area (Å²) in [6.45, 7) is 6.28. The molecule has 100 valence electrons. The summed E-state index contributed by atoms with van der Waals surface area (Å²) in [7, 11) is 0. The number of nitrogens with one attached hydrogen (secondary N) is 1. The standard InChI is InChI=1S/C16H25NO/c1-3-5-8-11-18-15-12-13-9-6-7-10-14(13)16(15)17-4-2/h6-7,9-10,15-17H,3-5,8,11-12H2,1-2H3. The molecule has 0 spiro atoms. The van der Waals surface area contributed by atoms with E-state index in [9.17, 15) is 0 Å². The minimum absolute atomic E-state index is 0.319. The van der Waals surface area contributed by atoms with Gasteiger partial charge in [-0.25, -0.2) is 0 Å². The van der Waals surface area contributed by atoms with E-state index in [0.717, 1.165) is 19.6 Å². The van der Waals surface area contributed by atoms with Crippen LogP contribution in [0.15, 0.2) is 24.3 Å². The molecule has 1 aliphatic carbocycles. The molecule has 2 atom stereocenters. The minimum Gasteiger partial charge on any atom is -0.376 e. The van der Waals surface area contributed by atoms with Crippen molar-refractivity contribution in [1.29, 1.82) is 0 Å². The SMILES string of the molecule is CCCCCOC1Cc2ccccc2C1NCC. The van der Waals surface area contributed by atoms with Gasteiger partial charge in [-0.3, -0.25) is 0 Å². The van der Waals surface area contributed by atoms with Gasteiger partial charge >= 0.3 is 0 Å². The summed E-state index contributed by atoms with van der Waals surface area (Å²) in [5.74, 6) is 0. The molecule has 2 nitrogen and oxygen atoms in total. The third kappa shape index (κ3) is 3.12. The molecule has 0 aliphatic heterocycles. The Morgan fingerprint density at radius 2 is 2.06 bits per heavy atom. The van der Waals surface area contributed by atoms with E-state index in [1.54, 1.807) is 0 Å². The summed E-state index contributed by atoms with van der Waals surface area (Å²) in [4.78, 5) is 0. The lowest BCUT2D eigenvalue weighted by molar-refractivity contribution is 0.0329. The lowest BCUT2D eigenvalue weighted by atomic mass is 10.1. The van der Waals surface area contributed by atoms with Gasteiger partial charge in [0, 0.05) is 13.0 Å². The second-order valence-corrected chi connectivity index (χ2v) is 5.05. The molecular weight excluding hydrogens is 222 g/mol. The molecule has 0 fully saturated rings. The zero-order chi connectivity index (χ0) is 12.8. The van der Waals surface area contributed by atoms with Gasteiger partial charge in [-0.15, -0.1) is 0 Å². The Labute approximate surface area is 111 Å². The van der Waals surface area contributed by atoms with E-state index in [0.29, 0.717) is 12.1 Å². The van der Waals surface area contributed by atoms with E-state index in [1.165, 1.54) is 30.4 Å². The summed E-state index contributed by atoms with van der Waals surface area (Å²) in [5, 5.41) is 3.57. The average Bonchev–Trinajstić information content (AvgIpc) is 2.74. The van der Waals surface area contributed by atoms with Crippen molar-refractivity contribution in [2.45, 2.75) is 51.7 Å². The Hall–Kier alpha value is -0.860. The van der Waals surface area contributed by atoms with Crippen molar-refractivity contribution in [3.05, 3.63) is 35.4 Å². The highest BCUT2D eigenvalue weighted by atomic mass is 16.5. The van der Waals surface area contributed by atoms with E-state index in [-0.39, 0.29) is 0 Å². The molecule has 1 N–H and O–H groups in total.